The molecule has 3 aromatic rings. The fraction of sp³-hybridized carbons (Fsp3) is 0.267. The van der Waals surface area contributed by atoms with Gasteiger partial charge in [-0.25, -0.2) is 0 Å². The summed E-state index contributed by atoms with van der Waals surface area (Å²) in [6, 6.07) is 15.2. The minimum atomic E-state index is -0.881. The molecule has 37 heavy (non-hydrogen) atoms. The largest absolute Gasteiger partial charge is 0.507 e. The van der Waals surface area contributed by atoms with Crippen molar-refractivity contribution in [2.45, 2.75) is 33.7 Å². The van der Waals surface area contributed by atoms with Crippen LogP contribution in [-0.4, -0.2) is 37.6 Å². The summed E-state index contributed by atoms with van der Waals surface area (Å²) in [5.74, 6) is -0.0817. The lowest BCUT2D eigenvalue weighted by Crippen LogP contribution is -2.30. The molecule has 3 aromatic carbocycles. The van der Waals surface area contributed by atoms with Gasteiger partial charge in [-0.15, -0.1) is 0 Å². The maximum absolute atomic E-state index is 13.5. The van der Waals surface area contributed by atoms with Gasteiger partial charge in [0.25, 0.3) is 11.7 Å². The number of hydrogen-bond acceptors (Lipinski definition) is 6. The van der Waals surface area contributed by atoms with Gasteiger partial charge in [0, 0.05) is 11.3 Å². The number of hydrogen-bond donors (Lipinski definition) is 1. The third-order valence-corrected chi connectivity index (χ3v) is 6.55. The van der Waals surface area contributed by atoms with Gasteiger partial charge < -0.3 is 19.3 Å². The molecule has 192 valence electrons. The van der Waals surface area contributed by atoms with Crippen LogP contribution in [0, 0.1) is 20.8 Å². The van der Waals surface area contributed by atoms with Crippen molar-refractivity contribution in [2.75, 3.05) is 25.7 Å². The zero-order chi connectivity index (χ0) is 26.9. The summed E-state index contributed by atoms with van der Waals surface area (Å²) in [7, 11) is 3.11. The molecule has 0 saturated carbocycles. The molecule has 1 fully saturated rings. The highest BCUT2D eigenvalue weighted by Crippen LogP contribution is 2.45. The first kappa shape index (κ1) is 25.8. The van der Waals surface area contributed by atoms with Gasteiger partial charge in [0.15, 0.2) is 11.5 Å². The van der Waals surface area contributed by atoms with E-state index in [-0.39, 0.29) is 11.3 Å². The Labute approximate surface area is 216 Å². The molecular weight excluding hydrogens is 470 g/mol. The minimum Gasteiger partial charge on any atom is -0.507 e. The van der Waals surface area contributed by atoms with Crippen molar-refractivity contribution in [1.29, 1.82) is 0 Å². The topological polar surface area (TPSA) is 85.3 Å². The number of nitrogens with zero attached hydrogens (tertiary/aromatic N) is 1. The number of anilines is 1. The summed E-state index contributed by atoms with van der Waals surface area (Å²) in [5.41, 5.74) is 4.23. The van der Waals surface area contributed by atoms with E-state index in [2.05, 4.69) is 0 Å². The number of carbonyl (C=O) groups is 2. The van der Waals surface area contributed by atoms with Crippen molar-refractivity contribution in [1.82, 2.24) is 0 Å². The molecule has 1 aliphatic heterocycles. The molecule has 1 aliphatic rings. The highest BCUT2D eigenvalue weighted by atomic mass is 16.5. The van der Waals surface area contributed by atoms with Crippen LogP contribution in [0.4, 0.5) is 5.69 Å². The van der Waals surface area contributed by atoms with Crippen LogP contribution in [0.3, 0.4) is 0 Å². The number of aliphatic hydroxyl groups excluding tert-OH is 1. The van der Waals surface area contributed by atoms with E-state index in [1.807, 2.05) is 45.9 Å². The molecular formula is C30H31NO6. The highest BCUT2D eigenvalue weighted by Gasteiger charge is 2.47. The summed E-state index contributed by atoms with van der Waals surface area (Å²) in [6.45, 7) is 7.94. The van der Waals surface area contributed by atoms with Crippen molar-refractivity contribution in [3.8, 4) is 17.2 Å². The van der Waals surface area contributed by atoms with E-state index in [1.165, 1.54) is 4.90 Å². The average Bonchev–Trinajstić information content (AvgIpc) is 3.14. The first-order valence-electron chi connectivity index (χ1n) is 12.1. The SMILES string of the molecule is CCOc1cc(C2/C(=C(\O)c3ccc(OC)cc3C)C(=O)C(=O)N2c2ccc(C)cc2C)ccc1OC. The smallest absolute Gasteiger partial charge is 0.300 e. The zero-order valence-corrected chi connectivity index (χ0v) is 21.9. The van der Waals surface area contributed by atoms with E-state index < -0.39 is 17.7 Å². The molecule has 1 atom stereocenters. The Morgan fingerprint density at radius 2 is 1.65 bits per heavy atom. The number of benzene rings is 3. The van der Waals surface area contributed by atoms with Gasteiger partial charge in [-0.2, -0.15) is 0 Å². The third kappa shape index (κ3) is 4.65. The summed E-state index contributed by atoms with van der Waals surface area (Å²) < 4.78 is 16.5. The molecule has 7 heteroatoms. The van der Waals surface area contributed by atoms with Gasteiger partial charge in [0.2, 0.25) is 0 Å². The number of Topliss-reactive ketones (excluding diaryl/α,β-unsaturated/α-hetero) is 1. The Morgan fingerprint density at radius 3 is 2.27 bits per heavy atom. The molecule has 1 saturated heterocycles. The highest BCUT2D eigenvalue weighted by molar-refractivity contribution is 6.51. The summed E-state index contributed by atoms with van der Waals surface area (Å²) in [4.78, 5) is 28.5. The summed E-state index contributed by atoms with van der Waals surface area (Å²) in [6.07, 6.45) is 0. The lowest BCUT2D eigenvalue weighted by molar-refractivity contribution is -0.132. The second-order valence-corrected chi connectivity index (χ2v) is 8.98. The van der Waals surface area contributed by atoms with Gasteiger partial charge in [-0.05, 0) is 80.8 Å². The van der Waals surface area contributed by atoms with Gasteiger partial charge in [0.1, 0.15) is 11.5 Å². The van der Waals surface area contributed by atoms with E-state index >= 15 is 0 Å². The van der Waals surface area contributed by atoms with E-state index in [0.29, 0.717) is 46.2 Å². The van der Waals surface area contributed by atoms with Crippen LogP contribution in [0.5, 0.6) is 17.2 Å². The monoisotopic (exact) mass is 501 g/mol. The molecule has 0 bridgehead atoms. The summed E-state index contributed by atoms with van der Waals surface area (Å²) >= 11 is 0. The number of rotatable bonds is 7. The summed E-state index contributed by atoms with van der Waals surface area (Å²) in [5, 5.41) is 11.5. The quantitative estimate of drug-likeness (QED) is 0.256. The van der Waals surface area contributed by atoms with Crippen molar-refractivity contribution in [2.24, 2.45) is 0 Å². The second kappa shape index (κ2) is 10.4. The zero-order valence-electron chi connectivity index (χ0n) is 21.9. The molecule has 0 radical (unpaired) electrons. The number of amides is 1. The fourth-order valence-corrected chi connectivity index (χ4v) is 4.78. The first-order chi connectivity index (χ1) is 17.7. The van der Waals surface area contributed by atoms with Gasteiger partial charge in [-0.3, -0.25) is 14.5 Å². The molecule has 4 rings (SSSR count). The van der Waals surface area contributed by atoms with Crippen LogP contribution in [0.1, 0.15) is 40.8 Å². The average molecular weight is 502 g/mol. The molecule has 0 aromatic heterocycles. The first-order valence-corrected chi connectivity index (χ1v) is 12.1. The number of aryl methyl sites for hydroxylation is 3. The molecule has 1 amide bonds. The van der Waals surface area contributed by atoms with Crippen LogP contribution >= 0.6 is 0 Å². The van der Waals surface area contributed by atoms with Crippen molar-refractivity contribution in [3.05, 3.63) is 88.0 Å². The molecule has 1 unspecified atom stereocenters. The number of ether oxygens (including phenoxy) is 3. The number of aliphatic hydroxyl groups is 1. The van der Waals surface area contributed by atoms with Crippen LogP contribution in [-0.2, 0) is 9.59 Å². The normalized spacial score (nSPS) is 16.7. The molecule has 0 spiro atoms. The number of ketones is 1. The van der Waals surface area contributed by atoms with E-state index in [1.54, 1.807) is 50.6 Å². The number of methoxy groups -OCH3 is 2. The standard InChI is InChI=1S/C30H31NO6/c1-7-37-25-16-20(9-13-24(25)36-6)27-26(28(32)22-11-10-21(35-5)15-18(22)3)29(33)30(34)31(27)23-12-8-17(2)14-19(23)4/h8-16,27,32H,7H2,1-6H3/b28-26+. The molecule has 0 aliphatic carbocycles. The predicted molar refractivity (Wildman–Crippen MR) is 143 cm³/mol. The van der Waals surface area contributed by atoms with Gasteiger partial charge in [-0.1, -0.05) is 23.8 Å². The second-order valence-electron chi connectivity index (χ2n) is 8.98. The molecule has 1 N–H and O–H groups in total. The Morgan fingerprint density at radius 1 is 0.892 bits per heavy atom. The van der Waals surface area contributed by atoms with Crippen LogP contribution in [0.25, 0.3) is 5.76 Å². The fourth-order valence-electron chi connectivity index (χ4n) is 4.78. The van der Waals surface area contributed by atoms with Gasteiger partial charge >= 0.3 is 0 Å². The number of carbonyl (C=O) groups excluding carboxylic acids is 2. The lowest BCUT2D eigenvalue weighted by atomic mass is 9.93. The van der Waals surface area contributed by atoms with E-state index in [0.717, 1.165) is 11.1 Å². The lowest BCUT2D eigenvalue weighted by Gasteiger charge is -2.27. The van der Waals surface area contributed by atoms with Crippen LogP contribution in [0.15, 0.2) is 60.2 Å². The van der Waals surface area contributed by atoms with Crippen LogP contribution in [0.2, 0.25) is 0 Å². The third-order valence-electron chi connectivity index (χ3n) is 6.55. The predicted octanol–water partition coefficient (Wildman–Crippen LogP) is 5.65. The Hall–Kier alpha value is -4.26. The maximum atomic E-state index is 13.5. The molecule has 1 heterocycles. The van der Waals surface area contributed by atoms with E-state index in [4.69, 9.17) is 14.2 Å². The van der Waals surface area contributed by atoms with E-state index in [9.17, 15) is 14.7 Å². The van der Waals surface area contributed by atoms with Crippen LogP contribution < -0.4 is 19.1 Å². The van der Waals surface area contributed by atoms with Crippen molar-refractivity contribution < 1.29 is 28.9 Å². The Balaban J connectivity index is 2.00. The maximum Gasteiger partial charge on any atom is 0.300 e. The Kier molecular flexibility index (Phi) is 7.25. The minimum absolute atomic E-state index is 0.00542. The Bertz CT molecular complexity index is 1410. The van der Waals surface area contributed by atoms with Crippen molar-refractivity contribution >= 4 is 23.1 Å². The van der Waals surface area contributed by atoms with Gasteiger partial charge in [0.05, 0.1) is 32.4 Å². The van der Waals surface area contributed by atoms with Crippen molar-refractivity contribution in [3.63, 3.8) is 0 Å². The molecule has 7 nitrogen and oxygen atoms in total.